The van der Waals surface area contributed by atoms with Crippen LogP contribution in [0.15, 0.2) is 11.6 Å². The monoisotopic (exact) mass is 382 g/mol. The van der Waals surface area contributed by atoms with Crippen molar-refractivity contribution < 1.29 is 40.3 Å². The summed E-state index contributed by atoms with van der Waals surface area (Å²) in [5.74, 6) is -16.0. The van der Waals surface area contributed by atoms with E-state index in [2.05, 4.69) is 0 Å². The number of halogens is 7. The van der Waals surface area contributed by atoms with Crippen molar-refractivity contribution in [2.45, 2.75) is 32.8 Å². The van der Waals surface area contributed by atoms with Gasteiger partial charge in [0.25, 0.3) is 5.92 Å². The van der Waals surface area contributed by atoms with Gasteiger partial charge >= 0.3 is 5.97 Å². The van der Waals surface area contributed by atoms with E-state index in [1.54, 1.807) is 13.8 Å². The quantitative estimate of drug-likeness (QED) is 0.249. The summed E-state index contributed by atoms with van der Waals surface area (Å²) in [6.45, 7) is 2.09. The molecule has 1 aromatic rings. The van der Waals surface area contributed by atoms with Crippen LogP contribution in [-0.2, 0) is 16.1 Å². The predicted octanol–water partition coefficient (Wildman–Crippen LogP) is 4.66. The number of allylic oxidation sites excluding steroid dienone is 2. The zero-order valence-electron chi connectivity index (χ0n) is 13.6. The van der Waals surface area contributed by atoms with E-state index in [9.17, 15) is 35.5 Å². The molecule has 0 N–H and O–H groups in total. The molecule has 0 saturated heterocycles. The summed E-state index contributed by atoms with van der Waals surface area (Å²) in [5, 5.41) is 0. The van der Waals surface area contributed by atoms with Gasteiger partial charge in [0.05, 0.1) is 11.5 Å². The topological polar surface area (TPSA) is 26.3 Å². The average Bonchev–Trinajstić information content (AvgIpc) is 3.34. The molecule has 0 aliphatic heterocycles. The summed E-state index contributed by atoms with van der Waals surface area (Å²) >= 11 is 0. The van der Waals surface area contributed by atoms with Crippen LogP contribution in [0, 0.1) is 46.3 Å². The van der Waals surface area contributed by atoms with Gasteiger partial charge in [-0.15, -0.1) is 0 Å². The van der Waals surface area contributed by atoms with Crippen LogP contribution in [0.25, 0.3) is 0 Å². The molecule has 0 amide bonds. The molecular formula is C17H13F7O2. The maximum absolute atomic E-state index is 13.6. The standard InChI is InChI=1S/C17H13F7O2/c1-16(2)8(3-6-4-17(6,23)24)9(16)15(25)26-5-7-10(18)12(20)14(22)13(21)11(7)19/h3,8-9H,4-5H2,1-2H3. The molecule has 2 fully saturated rings. The first-order valence-electron chi connectivity index (χ1n) is 7.65. The summed E-state index contributed by atoms with van der Waals surface area (Å²) < 4.78 is 97.0. The highest BCUT2D eigenvalue weighted by molar-refractivity contribution is 5.78. The Kier molecular flexibility index (Phi) is 4.12. The molecule has 3 rings (SSSR count). The van der Waals surface area contributed by atoms with Gasteiger partial charge in [-0.3, -0.25) is 4.79 Å². The number of alkyl halides is 2. The summed E-state index contributed by atoms with van der Waals surface area (Å²) in [6, 6.07) is 0. The lowest BCUT2D eigenvalue weighted by Gasteiger charge is -2.09. The molecule has 2 aliphatic rings. The lowest BCUT2D eigenvalue weighted by Crippen LogP contribution is -2.14. The number of ether oxygens (including phenoxy) is 1. The molecule has 0 spiro atoms. The summed E-state index contributed by atoms with van der Waals surface area (Å²) in [6.07, 6.45) is 0.899. The van der Waals surface area contributed by atoms with Crippen molar-refractivity contribution in [3.8, 4) is 0 Å². The van der Waals surface area contributed by atoms with Crippen molar-refractivity contribution in [3.05, 3.63) is 46.3 Å². The zero-order valence-corrected chi connectivity index (χ0v) is 13.6. The molecule has 2 atom stereocenters. The normalized spacial score (nSPS) is 26.7. The van der Waals surface area contributed by atoms with Gasteiger partial charge < -0.3 is 4.74 Å². The van der Waals surface area contributed by atoms with Crippen LogP contribution >= 0.6 is 0 Å². The second-order valence-corrected chi connectivity index (χ2v) is 7.05. The van der Waals surface area contributed by atoms with Crippen LogP contribution in [0.4, 0.5) is 30.7 Å². The van der Waals surface area contributed by atoms with Gasteiger partial charge in [0.1, 0.15) is 6.61 Å². The fraction of sp³-hybridized carbons (Fsp3) is 0.471. The van der Waals surface area contributed by atoms with E-state index in [0.717, 1.165) is 0 Å². The van der Waals surface area contributed by atoms with E-state index in [1.807, 2.05) is 0 Å². The third-order valence-electron chi connectivity index (χ3n) is 4.96. The van der Waals surface area contributed by atoms with Gasteiger partial charge in [0.2, 0.25) is 5.82 Å². The van der Waals surface area contributed by atoms with Crippen LogP contribution in [0.3, 0.4) is 0 Å². The molecule has 2 saturated carbocycles. The molecular weight excluding hydrogens is 369 g/mol. The Morgan fingerprint density at radius 1 is 1.04 bits per heavy atom. The van der Waals surface area contributed by atoms with Crippen LogP contribution < -0.4 is 0 Å². The Bertz CT molecular complexity index is 800. The molecule has 0 radical (unpaired) electrons. The Labute approximate surface area is 143 Å². The Balaban J connectivity index is 1.72. The molecule has 0 aromatic heterocycles. The number of benzene rings is 1. The third-order valence-corrected chi connectivity index (χ3v) is 4.96. The Morgan fingerprint density at radius 3 is 1.96 bits per heavy atom. The van der Waals surface area contributed by atoms with Crippen LogP contribution in [0.5, 0.6) is 0 Å². The number of rotatable bonds is 4. The first kappa shape index (κ1) is 18.7. The lowest BCUT2D eigenvalue weighted by molar-refractivity contribution is -0.147. The van der Waals surface area contributed by atoms with Crippen LogP contribution in [-0.4, -0.2) is 11.9 Å². The summed E-state index contributed by atoms with van der Waals surface area (Å²) in [5.41, 5.74) is -2.07. The molecule has 9 heteroatoms. The van der Waals surface area contributed by atoms with Crippen LogP contribution in [0.1, 0.15) is 25.8 Å². The van der Waals surface area contributed by atoms with Crippen molar-refractivity contribution in [2.24, 2.45) is 17.3 Å². The van der Waals surface area contributed by atoms with Crippen LogP contribution in [0.2, 0.25) is 0 Å². The van der Waals surface area contributed by atoms with Gasteiger partial charge in [-0.05, 0) is 11.3 Å². The number of hydrogen-bond donors (Lipinski definition) is 0. The SMILES string of the molecule is CC1(C)C(C=C2CC2(F)F)C1C(=O)OCc1c(F)c(F)c(F)c(F)c1F. The highest BCUT2D eigenvalue weighted by Crippen LogP contribution is 2.62. The van der Waals surface area contributed by atoms with E-state index in [0.29, 0.717) is 0 Å². The fourth-order valence-corrected chi connectivity index (χ4v) is 3.04. The van der Waals surface area contributed by atoms with Gasteiger partial charge in [-0.1, -0.05) is 19.9 Å². The minimum absolute atomic E-state index is 0.0920. The van der Waals surface area contributed by atoms with E-state index < -0.39 is 70.4 Å². The first-order valence-corrected chi connectivity index (χ1v) is 7.65. The molecule has 2 aliphatic carbocycles. The van der Waals surface area contributed by atoms with Crippen molar-refractivity contribution in [1.82, 2.24) is 0 Å². The van der Waals surface area contributed by atoms with Gasteiger partial charge in [-0.25, -0.2) is 30.7 Å². The van der Waals surface area contributed by atoms with Crippen molar-refractivity contribution >= 4 is 5.97 Å². The first-order chi connectivity index (χ1) is 11.9. The van der Waals surface area contributed by atoms with E-state index in [4.69, 9.17) is 4.74 Å². The summed E-state index contributed by atoms with van der Waals surface area (Å²) in [7, 11) is 0. The lowest BCUT2D eigenvalue weighted by atomic mass is 10.1. The number of carbonyl (C=O) groups excluding carboxylic acids is 1. The zero-order chi connectivity index (χ0) is 19.6. The highest BCUT2D eigenvalue weighted by Gasteiger charge is 2.63. The molecule has 1 aromatic carbocycles. The van der Waals surface area contributed by atoms with E-state index in [-0.39, 0.29) is 12.0 Å². The number of esters is 1. The fourth-order valence-electron chi connectivity index (χ4n) is 3.04. The molecule has 2 unspecified atom stereocenters. The van der Waals surface area contributed by atoms with Gasteiger partial charge in [-0.2, -0.15) is 0 Å². The Morgan fingerprint density at radius 2 is 1.50 bits per heavy atom. The highest BCUT2D eigenvalue weighted by atomic mass is 19.3. The second-order valence-electron chi connectivity index (χ2n) is 7.05. The van der Waals surface area contributed by atoms with Crippen molar-refractivity contribution in [3.63, 3.8) is 0 Å². The molecule has 0 bridgehead atoms. The van der Waals surface area contributed by atoms with E-state index in [1.165, 1.54) is 6.08 Å². The Hall–Kier alpha value is -2.06. The maximum Gasteiger partial charge on any atom is 0.310 e. The minimum atomic E-state index is -2.87. The molecule has 2 nitrogen and oxygen atoms in total. The van der Waals surface area contributed by atoms with Gasteiger partial charge in [0.15, 0.2) is 23.3 Å². The molecule has 0 heterocycles. The smallest absolute Gasteiger partial charge is 0.310 e. The largest absolute Gasteiger partial charge is 0.460 e. The van der Waals surface area contributed by atoms with Crippen molar-refractivity contribution in [2.75, 3.05) is 0 Å². The minimum Gasteiger partial charge on any atom is -0.460 e. The maximum atomic E-state index is 13.6. The van der Waals surface area contributed by atoms with Crippen molar-refractivity contribution in [1.29, 1.82) is 0 Å². The molecule has 142 valence electrons. The molecule has 26 heavy (non-hydrogen) atoms. The number of carbonyl (C=O) groups is 1. The van der Waals surface area contributed by atoms with Gasteiger partial charge in [0, 0.05) is 12.0 Å². The second kappa shape index (κ2) is 5.72. The average molecular weight is 382 g/mol. The number of hydrogen-bond acceptors (Lipinski definition) is 2. The summed E-state index contributed by atoms with van der Waals surface area (Å²) in [4.78, 5) is 12.1. The predicted molar refractivity (Wildman–Crippen MR) is 74.4 cm³/mol. The third kappa shape index (κ3) is 2.87. The van der Waals surface area contributed by atoms with E-state index >= 15 is 0 Å².